The Morgan fingerprint density at radius 3 is 2.21 bits per heavy atom. The van der Waals surface area contributed by atoms with Crippen LogP contribution in [0.3, 0.4) is 0 Å². The van der Waals surface area contributed by atoms with Gasteiger partial charge in [-0.05, 0) is 42.0 Å². The highest BCUT2D eigenvalue weighted by molar-refractivity contribution is 6.32. The van der Waals surface area contributed by atoms with E-state index in [-0.39, 0.29) is 22.9 Å². The Bertz CT molecular complexity index is 1320. The fourth-order valence-corrected chi connectivity index (χ4v) is 3.79. The van der Waals surface area contributed by atoms with Crippen LogP contribution in [0.1, 0.15) is 21.6 Å². The summed E-state index contributed by atoms with van der Waals surface area (Å²) in [6.45, 7) is 0.137. The summed E-state index contributed by atoms with van der Waals surface area (Å²) in [4.78, 5) is 12.4. The molecule has 0 saturated heterocycles. The first-order valence-corrected chi connectivity index (χ1v) is 10.9. The molecule has 9 heteroatoms. The normalized spacial score (nSPS) is 11.4. The van der Waals surface area contributed by atoms with E-state index in [0.29, 0.717) is 22.7 Å². The van der Waals surface area contributed by atoms with Crippen molar-refractivity contribution in [3.8, 4) is 16.9 Å². The highest BCUT2D eigenvalue weighted by atomic mass is 35.5. The van der Waals surface area contributed by atoms with Gasteiger partial charge >= 0.3 is 12.1 Å². The Morgan fingerprint density at radius 2 is 1.56 bits per heavy atom. The van der Waals surface area contributed by atoms with Crippen LogP contribution in [0.5, 0.6) is 0 Å². The highest BCUT2D eigenvalue weighted by Gasteiger charge is 2.35. The third-order valence-corrected chi connectivity index (χ3v) is 5.75. The second-order valence-electron chi connectivity index (χ2n) is 7.33. The molecule has 0 fully saturated rings. The van der Waals surface area contributed by atoms with Crippen molar-refractivity contribution in [2.75, 3.05) is 6.61 Å². The lowest BCUT2D eigenvalue weighted by Crippen LogP contribution is -2.08. The van der Waals surface area contributed by atoms with Gasteiger partial charge in [-0.2, -0.15) is 18.3 Å². The maximum Gasteiger partial charge on any atom is 0.435 e. The molecule has 0 unspecified atom stereocenters. The quantitative estimate of drug-likeness (QED) is 0.259. The number of rotatable bonds is 6. The van der Waals surface area contributed by atoms with Crippen molar-refractivity contribution in [3.05, 3.63) is 106 Å². The second kappa shape index (κ2) is 9.91. The van der Waals surface area contributed by atoms with Crippen molar-refractivity contribution in [1.29, 1.82) is 0 Å². The monoisotopic (exact) mass is 504 g/mol. The van der Waals surface area contributed by atoms with Crippen molar-refractivity contribution in [3.63, 3.8) is 0 Å². The summed E-state index contributed by atoms with van der Waals surface area (Å²) in [7, 11) is 0. The number of benzene rings is 3. The largest absolute Gasteiger partial charge is 0.462 e. The summed E-state index contributed by atoms with van der Waals surface area (Å²) >= 11 is 12.3. The fourth-order valence-electron chi connectivity index (χ4n) is 3.35. The van der Waals surface area contributed by atoms with E-state index in [2.05, 4.69) is 5.10 Å². The van der Waals surface area contributed by atoms with Crippen molar-refractivity contribution in [1.82, 2.24) is 9.78 Å². The molecular weight excluding hydrogens is 488 g/mol. The van der Waals surface area contributed by atoms with Crippen molar-refractivity contribution >= 4 is 29.2 Å². The molecule has 1 aromatic heterocycles. The van der Waals surface area contributed by atoms with E-state index in [1.54, 1.807) is 30.3 Å². The zero-order valence-electron chi connectivity index (χ0n) is 17.5. The van der Waals surface area contributed by atoms with Crippen molar-refractivity contribution in [2.24, 2.45) is 0 Å². The molecule has 4 nitrogen and oxygen atoms in total. The van der Waals surface area contributed by atoms with Gasteiger partial charge in [0.1, 0.15) is 0 Å². The lowest BCUT2D eigenvalue weighted by atomic mass is 10.1. The first-order valence-electron chi connectivity index (χ1n) is 10.2. The predicted molar refractivity (Wildman–Crippen MR) is 124 cm³/mol. The molecule has 0 atom stereocenters. The van der Waals surface area contributed by atoms with Crippen LogP contribution in [0.15, 0.2) is 78.9 Å². The number of hydrogen-bond acceptors (Lipinski definition) is 3. The molecule has 0 aliphatic heterocycles. The Morgan fingerprint density at radius 1 is 0.912 bits per heavy atom. The number of alkyl halides is 3. The molecule has 4 aromatic rings. The van der Waals surface area contributed by atoms with E-state index in [4.69, 9.17) is 27.9 Å². The van der Waals surface area contributed by atoms with Crippen LogP contribution >= 0.6 is 23.2 Å². The number of para-hydroxylation sites is 1. The molecule has 0 radical (unpaired) electrons. The zero-order chi connectivity index (χ0) is 24.3. The van der Waals surface area contributed by atoms with Gasteiger partial charge in [0.2, 0.25) is 0 Å². The standard InChI is InChI=1S/C25H17Cl2F3N2O2/c26-19-6-2-1-5-16(19)13-14-34-24(33)18-11-9-17(10-12-18)22-15-23(25(28,29)30)31-32(22)21-8-4-3-7-20(21)27/h1-12,15H,13-14H2. The summed E-state index contributed by atoms with van der Waals surface area (Å²) in [5.41, 5.74) is 0.987. The third kappa shape index (κ3) is 5.26. The van der Waals surface area contributed by atoms with Gasteiger partial charge in [-0.15, -0.1) is 0 Å². The summed E-state index contributed by atoms with van der Waals surface area (Å²) < 4.78 is 46.6. The first-order chi connectivity index (χ1) is 16.2. The van der Waals surface area contributed by atoms with Gasteiger partial charge in [0.05, 0.1) is 28.6 Å². The van der Waals surface area contributed by atoms with Gasteiger partial charge in [-0.3, -0.25) is 0 Å². The molecule has 0 spiro atoms. The van der Waals surface area contributed by atoms with Crippen LogP contribution < -0.4 is 0 Å². The summed E-state index contributed by atoms with van der Waals surface area (Å²) in [6.07, 6.45) is -4.17. The number of hydrogen-bond donors (Lipinski definition) is 0. The third-order valence-electron chi connectivity index (χ3n) is 5.06. The molecule has 0 saturated carbocycles. The number of nitrogens with zero attached hydrogens (tertiary/aromatic N) is 2. The van der Waals surface area contributed by atoms with Gasteiger partial charge in [0.25, 0.3) is 0 Å². The molecule has 0 aliphatic carbocycles. The molecule has 0 amide bonds. The first kappa shape index (κ1) is 23.9. The SMILES string of the molecule is O=C(OCCc1ccccc1Cl)c1ccc(-c2cc(C(F)(F)F)nn2-c2ccccc2Cl)cc1. The maximum atomic E-state index is 13.4. The molecule has 174 valence electrons. The van der Waals surface area contributed by atoms with Crippen molar-refractivity contribution in [2.45, 2.75) is 12.6 Å². The molecule has 0 aliphatic rings. The smallest absolute Gasteiger partial charge is 0.435 e. The lowest BCUT2D eigenvalue weighted by Gasteiger charge is -2.10. The Balaban J connectivity index is 1.55. The van der Waals surface area contributed by atoms with E-state index in [1.807, 2.05) is 18.2 Å². The van der Waals surface area contributed by atoms with E-state index < -0.39 is 17.8 Å². The Labute approximate surface area is 203 Å². The van der Waals surface area contributed by atoms with Crippen LogP contribution in [0.25, 0.3) is 16.9 Å². The minimum Gasteiger partial charge on any atom is -0.462 e. The van der Waals surface area contributed by atoms with Crippen LogP contribution in [0.2, 0.25) is 10.0 Å². The average molecular weight is 505 g/mol. The van der Waals surface area contributed by atoms with Crippen LogP contribution in [-0.4, -0.2) is 22.4 Å². The number of carbonyl (C=O) groups is 1. The minimum atomic E-state index is -4.63. The topological polar surface area (TPSA) is 44.1 Å². The number of aromatic nitrogens is 2. The average Bonchev–Trinajstić information content (AvgIpc) is 3.26. The lowest BCUT2D eigenvalue weighted by molar-refractivity contribution is -0.141. The summed E-state index contributed by atoms with van der Waals surface area (Å²) in [5.74, 6) is -0.547. The van der Waals surface area contributed by atoms with Crippen LogP contribution in [0.4, 0.5) is 13.2 Å². The zero-order valence-corrected chi connectivity index (χ0v) is 19.0. The minimum absolute atomic E-state index is 0.137. The second-order valence-corrected chi connectivity index (χ2v) is 8.14. The summed E-state index contributed by atoms with van der Waals surface area (Å²) in [6, 6.07) is 20.7. The predicted octanol–water partition coefficient (Wildman–Crippen LogP) is 7.26. The number of halogens is 5. The number of carbonyl (C=O) groups excluding carboxylic acids is 1. The van der Waals surface area contributed by atoms with Gasteiger partial charge in [0.15, 0.2) is 5.69 Å². The molecule has 0 N–H and O–H groups in total. The molecule has 34 heavy (non-hydrogen) atoms. The number of esters is 1. The molecular formula is C25H17Cl2F3N2O2. The van der Waals surface area contributed by atoms with Gasteiger partial charge < -0.3 is 4.74 Å². The van der Waals surface area contributed by atoms with E-state index >= 15 is 0 Å². The van der Waals surface area contributed by atoms with E-state index in [0.717, 1.165) is 16.3 Å². The molecule has 3 aromatic carbocycles. The van der Waals surface area contributed by atoms with Gasteiger partial charge in [0, 0.05) is 17.0 Å². The van der Waals surface area contributed by atoms with Crippen LogP contribution in [-0.2, 0) is 17.3 Å². The Hall–Kier alpha value is -3.29. The van der Waals surface area contributed by atoms with Crippen molar-refractivity contribution < 1.29 is 22.7 Å². The molecule has 4 rings (SSSR count). The molecule has 1 heterocycles. The molecule has 0 bridgehead atoms. The number of ether oxygens (including phenoxy) is 1. The van der Waals surface area contributed by atoms with E-state index in [9.17, 15) is 18.0 Å². The fraction of sp³-hybridized carbons (Fsp3) is 0.120. The highest BCUT2D eigenvalue weighted by Crippen LogP contribution is 2.34. The summed E-state index contributed by atoms with van der Waals surface area (Å²) in [5, 5.41) is 4.57. The van der Waals surface area contributed by atoms with Gasteiger partial charge in [-0.25, -0.2) is 9.48 Å². The van der Waals surface area contributed by atoms with Crippen LogP contribution in [0, 0.1) is 0 Å². The maximum absolute atomic E-state index is 13.4. The van der Waals surface area contributed by atoms with E-state index in [1.165, 1.54) is 24.3 Å². The van der Waals surface area contributed by atoms with Gasteiger partial charge in [-0.1, -0.05) is 65.7 Å². The Kier molecular flexibility index (Phi) is 6.95.